The number of carbonyl (C=O) groups excluding carboxylic acids is 2. The number of benzene rings is 2. The topological polar surface area (TPSA) is 122 Å². The lowest BCUT2D eigenvalue weighted by atomic mass is 9.91. The smallest absolute Gasteiger partial charge is 0.344 e. The molecule has 2 N–H and O–H groups in total. The number of nitro benzene ring substituents is 1. The maximum absolute atomic E-state index is 11.8. The third-order valence-corrected chi connectivity index (χ3v) is 4.23. The molecule has 0 bridgehead atoms. The van der Waals surface area contributed by atoms with Crippen LogP contribution in [0.2, 0.25) is 0 Å². The van der Waals surface area contributed by atoms with E-state index in [1.165, 1.54) is 19.2 Å². The van der Waals surface area contributed by atoms with Gasteiger partial charge in [-0.15, -0.1) is 0 Å². The van der Waals surface area contributed by atoms with Crippen LogP contribution in [0.25, 0.3) is 11.1 Å². The summed E-state index contributed by atoms with van der Waals surface area (Å²) in [5, 5.41) is 11.5. The summed E-state index contributed by atoms with van der Waals surface area (Å²) in [5.74, 6) is -1.36. The molecule has 0 aliphatic carbocycles. The number of nitrogens with zero attached hydrogens (tertiary/aromatic N) is 1. The van der Waals surface area contributed by atoms with Crippen molar-refractivity contribution in [2.75, 3.05) is 20.0 Å². The Morgan fingerprint density at radius 1 is 0.923 bits per heavy atom. The second kappa shape index (κ2) is 7.22. The van der Waals surface area contributed by atoms with Crippen molar-refractivity contribution in [3.63, 3.8) is 0 Å². The maximum atomic E-state index is 11.8. The maximum Gasteiger partial charge on any atom is 0.344 e. The Balaban J connectivity index is 2.72. The fraction of sp³-hybridized carbons (Fsp3) is 0.222. The molecule has 8 heteroatoms. The second-order valence-electron chi connectivity index (χ2n) is 5.57. The number of hydrogen-bond donors (Lipinski definition) is 1. The number of nitrogen functional groups attached to an aromatic ring is 1. The Labute approximate surface area is 149 Å². The van der Waals surface area contributed by atoms with Crippen LogP contribution in [0.1, 0.15) is 31.8 Å². The minimum Gasteiger partial charge on any atom is -0.465 e. The molecule has 0 aliphatic rings. The van der Waals surface area contributed by atoms with E-state index in [2.05, 4.69) is 9.47 Å². The van der Waals surface area contributed by atoms with Gasteiger partial charge in [-0.25, -0.2) is 9.59 Å². The lowest BCUT2D eigenvalue weighted by Crippen LogP contribution is -2.09. The van der Waals surface area contributed by atoms with Crippen molar-refractivity contribution in [3.8, 4) is 11.1 Å². The number of ether oxygens (including phenoxy) is 2. The molecule has 0 radical (unpaired) electrons. The number of hydrogen-bond acceptors (Lipinski definition) is 7. The van der Waals surface area contributed by atoms with Crippen molar-refractivity contribution in [2.45, 2.75) is 13.8 Å². The minimum absolute atomic E-state index is 0.129. The van der Waals surface area contributed by atoms with Gasteiger partial charge in [0.25, 0.3) is 5.69 Å². The van der Waals surface area contributed by atoms with E-state index in [9.17, 15) is 19.7 Å². The molecule has 2 rings (SSSR count). The van der Waals surface area contributed by atoms with Crippen LogP contribution in [0.4, 0.5) is 11.4 Å². The standard InChI is InChI=1S/C18H18N2O6/c1-9-11(5-7-13(15(9)19)17(21)25-3)12-6-8-14(18(22)26-4)16(10(12)2)20(23)24/h5-8H,19H2,1-4H3. The Hall–Kier alpha value is -3.42. The third kappa shape index (κ3) is 3.08. The van der Waals surface area contributed by atoms with Crippen molar-refractivity contribution in [1.82, 2.24) is 0 Å². The first-order chi connectivity index (χ1) is 12.2. The quantitative estimate of drug-likeness (QED) is 0.386. The van der Waals surface area contributed by atoms with E-state index < -0.39 is 16.9 Å². The first-order valence-corrected chi connectivity index (χ1v) is 7.58. The summed E-state index contributed by atoms with van der Waals surface area (Å²) in [6.07, 6.45) is 0. The van der Waals surface area contributed by atoms with Gasteiger partial charge < -0.3 is 15.2 Å². The molecule has 0 atom stereocenters. The van der Waals surface area contributed by atoms with E-state index in [4.69, 9.17) is 5.73 Å². The zero-order chi connectivity index (χ0) is 19.6. The Kier molecular flexibility index (Phi) is 5.25. The number of esters is 2. The molecule has 136 valence electrons. The molecular weight excluding hydrogens is 340 g/mol. The molecule has 0 spiro atoms. The van der Waals surface area contributed by atoms with Gasteiger partial charge in [0.2, 0.25) is 0 Å². The fourth-order valence-corrected chi connectivity index (χ4v) is 2.81. The van der Waals surface area contributed by atoms with E-state index in [0.29, 0.717) is 22.3 Å². The number of anilines is 1. The molecular formula is C18H18N2O6. The van der Waals surface area contributed by atoms with Crippen LogP contribution in [-0.2, 0) is 9.47 Å². The van der Waals surface area contributed by atoms with Gasteiger partial charge in [-0.1, -0.05) is 12.1 Å². The van der Waals surface area contributed by atoms with E-state index in [-0.39, 0.29) is 22.5 Å². The van der Waals surface area contributed by atoms with Crippen molar-refractivity contribution in [3.05, 3.63) is 56.6 Å². The van der Waals surface area contributed by atoms with Crippen LogP contribution in [0, 0.1) is 24.0 Å². The van der Waals surface area contributed by atoms with Gasteiger partial charge in [0.1, 0.15) is 5.56 Å². The lowest BCUT2D eigenvalue weighted by molar-refractivity contribution is -0.385. The molecule has 0 saturated heterocycles. The highest BCUT2D eigenvalue weighted by Crippen LogP contribution is 2.37. The Morgan fingerprint density at radius 3 is 1.88 bits per heavy atom. The van der Waals surface area contributed by atoms with E-state index in [1.54, 1.807) is 26.0 Å². The molecule has 0 unspecified atom stereocenters. The molecule has 0 amide bonds. The molecule has 0 aromatic heterocycles. The van der Waals surface area contributed by atoms with Gasteiger partial charge >= 0.3 is 11.9 Å². The highest BCUT2D eigenvalue weighted by atomic mass is 16.6. The molecule has 2 aromatic rings. The summed E-state index contributed by atoms with van der Waals surface area (Å²) in [5.41, 5.74) is 8.05. The average molecular weight is 358 g/mol. The van der Waals surface area contributed by atoms with Crippen LogP contribution in [0.15, 0.2) is 24.3 Å². The Bertz CT molecular complexity index is 920. The predicted molar refractivity (Wildman–Crippen MR) is 95.1 cm³/mol. The van der Waals surface area contributed by atoms with Crippen molar-refractivity contribution in [2.24, 2.45) is 0 Å². The number of carbonyl (C=O) groups is 2. The zero-order valence-corrected chi connectivity index (χ0v) is 14.8. The molecule has 0 fully saturated rings. The SMILES string of the molecule is COC(=O)c1ccc(-c2ccc(C(=O)OC)c([N+](=O)[O-])c2C)c(C)c1N. The van der Waals surface area contributed by atoms with E-state index in [1.807, 2.05) is 0 Å². The van der Waals surface area contributed by atoms with Crippen LogP contribution in [0.3, 0.4) is 0 Å². The van der Waals surface area contributed by atoms with Gasteiger partial charge in [-0.3, -0.25) is 10.1 Å². The van der Waals surface area contributed by atoms with Crippen LogP contribution in [-0.4, -0.2) is 31.1 Å². The number of methoxy groups -OCH3 is 2. The molecule has 0 saturated carbocycles. The number of rotatable bonds is 4. The van der Waals surface area contributed by atoms with E-state index in [0.717, 1.165) is 7.11 Å². The summed E-state index contributed by atoms with van der Waals surface area (Å²) < 4.78 is 9.30. The van der Waals surface area contributed by atoms with Gasteiger partial charge in [0.15, 0.2) is 0 Å². The Morgan fingerprint density at radius 2 is 1.38 bits per heavy atom. The van der Waals surface area contributed by atoms with Crippen LogP contribution in [0.5, 0.6) is 0 Å². The summed E-state index contributed by atoms with van der Waals surface area (Å²) in [6, 6.07) is 6.08. The van der Waals surface area contributed by atoms with E-state index >= 15 is 0 Å². The van der Waals surface area contributed by atoms with Crippen LogP contribution >= 0.6 is 0 Å². The zero-order valence-electron chi connectivity index (χ0n) is 14.8. The van der Waals surface area contributed by atoms with Crippen molar-refractivity contribution < 1.29 is 24.0 Å². The molecule has 0 aliphatic heterocycles. The minimum atomic E-state index is -0.788. The second-order valence-corrected chi connectivity index (χ2v) is 5.57. The first-order valence-electron chi connectivity index (χ1n) is 7.58. The van der Waals surface area contributed by atoms with Gasteiger partial charge in [-0.05, 0) is 42.7 Å². The van der Waals surface area contributed by atoms with Gasteiger partial charge in [0.05, 0.1) is 24.7 Å². The first kappa shape index (κ1) is 18.9. The predicted octanol–water partition coefficient (Wildman–Crippen LogP) is 3.03. The highest BCUT2D eigenvalue weighted by molar-refractivity contribution is 5.99. The summed E-state index contributed by atoms with van der Waals surface area (Å²) in [6.45, 7) is 3.25. The number of nitrogens with two attached hydrogens (primary N) is 1. The third-order valence-electron chi connectivity index (χ3n) is 4.23. The van der Waals surface area contributed by atoms with Gasteiger partial charge in [0, 0.05) is 11.3 Å². The van der Waals surface area contributed by atoms with Crippen LogP contribution < -0.4 is 5.73 Å². The number of nitro groups is 1. The average Bonchev–Trinajstić information content (AvgIpc) is 2.62. The van der Waals surface area contributed by atoms with Crippen molar-refractivity contribution >= 4 is 23.3 Å². The highest BCUT2D eigenvalue weighted by Gasteiger charge is 2.27. The van der Waals surface area contributed by atoms with Crippen molar-refractivity contribution in [1.29, 1.82) is 0 Å². The molecule has 26 heavy (non-hydrogen) atoms. The largest absolute Gasteiger partial charge is 0.465 e. The normalized spacial score (nSPS) is 10.3. The summed E-state index contributed by atoms with van der Waals surface area (Å²) in [7, 11) is 2.41. The molecule has 0 heterocycles. The summed E-state index contributed by atoms with van der Waals surface area (Å²) >= 11 is 0. The molecule has 8 nitrogen and oxygen atoms in total. The lowest BCUT2D eigenvalue weighted by Gasteiger charge is -2.15. The summed E-state index contributed by atoms with van der Waals surface area (Å²) in [4.78, 5) is 34.4. The monoisotopic (exact) mass is 358 g/mol. The molecule has 2 aromatic carbocycles. The van der Waals surface area contributed by atoms with Gasteiger partial charge in [-0.2, -0.15) is 0 Å². The fourth-order valence-electron chi connectivity index (χ4n) is 2.81.